The molecule has 0 saturated heterocycles. The molecule has 0 saturated carbocycles. The predicted molar refractivity (Wildman–Crippen MR) is 68.7 cm³/mol. The number of hydrogen-bond acceptors (Lipinski definition) is 5. The van der Waals surface area contributed by atoms with Gasteiger partial charge in [0.15, 0.2) is 0 Å². The number of amides is 1. The quantitative estimate of drug-likeness (QED) is 0.772. The van der Waals surface area contributed by atoms with Gasteiger partial charge in [-0.25, -0.2) is 4.68 Å². The van der Waals surface area contributed by atoms with E-state index in [2.05, 4.69) is 20.6 Å². The number of aromatic nitrogens is 4. The van der Waals surface area contributed by atoms with E-state index < -0.39 is 0 Å². The largest absolute Gasteiger partial charge is 0.350 e. The Morgan fingerprint density at radius 2 is 2.37 bits per heavy atom. The molecule has 0 radical (unpaired) electrons. The molecule has 100 valence electrons. The van der Waals surface area contributed by atoms with Crippen molar-refractivity contribution in [2.45, 2.75) is 26.6 Å². The van der Waals surface area contributed by atoms with Crippen LogP contribution >= 0.6 is 0 Å². The highest BCUT2D eigenvalue weighted by Gasteiger charge is 2.06. The summed E-state index contributed by atoms with van der Waals surface area (Å²) in [4.78, 5) is 15.8. The second-order valence-electron chi connectivity index (χ2n) is 4.19. The molecule has 0 unspecified atom stereocenters. The van der Waals surface area contributed by atoms with E-state index in [9.17, 15) is 4.79 Å². The summed E-state index contributed by atoms with van der Waals surface area (Å²) in [7, 11) is 0. The molecular formula is C12H16N6O. The van der Waals surface area contributed by atoms with Gasteiger partial charge in [0.25, 0.3) is 0 Å². The Morgan fingerprint density at radius 1 is 1.53 bits per heavy atom. The molecule has 0 atom stereocenters. The van der Waals surface area contributed by atoms with Crippen molar-refractivity contribution in [3.63, 3.8) is 0 Å². The molecule has 2 heterocycles. The molecule has 2 aromatic heterocycles. The van der Waals surface area contributed by atoms with Crippen LogP contribution in [0.2, 0.25) is 0 Å². The Morgan fingerprint density at radius 3 is 3.05 bits per heavy atom. The van der Waals surface area contributed by atoms with Gasteiger partial charge in [0.05, 0.1) is 11.9 Å². The van der Waals surface area contributed by atoms with Crippen LogP contribution in [0.1, 0.15) is 16.8 Å². The summed E-state index contributed by atoms with van der Waals surface area (Å²) < 4.78 is 1.47. The van der Waals surface area contributed by atoms with Crippen molar-refractivity contribution < 1.29 is 4.79 Å². The number of hydrogen-bond donors (Lipinski definition) is 2. The molecule has 0 aromatic carbocycles. The minimum absolute atomic E-state index is 0.121. The highest BCUT2D eigenvalue weighted by atomic mass is 16.2. The Bertz CT molecular complexity index is 565. The lowest BCUT2D eigenvalue weighted by Gasteiger charge is -2.07. The van der Waals surface area contributed by atoms with Gasteiger partial charge in [-0.3, -0.25) is 9.78 Å². The third-order valence-corrected chi connectivity index (χ3v) is 2.71. The van der Waals surface area contributed by atoms with Crippen molar-refractivity contribution in [1.29, 1.82) is 0 Å². The fraction of sp³-hybridized carbons (Fsp3) is 0.333. The molecule has 0 aliphatic rings. The van der Waals surface area contributed by atoms with Crippen molar-refractivity contribution in [2.75, 3.05) is 0 Å². The molecule has 2 rings (SSSR count). The summed E-state index contributed by atoms with van der Waals surface area (Å²) in [6, 6.07) is 1.89. The highest BCUT2D eigenvalue weighted by Crippen LogP contribution is 2.03. The van der Waals surface area contributed by atoms with E-state index in [1.165, 1.54) is 4.68 Å². The van der Waals surface area contributed by atoms with Crippen molar-refractivity contribution in [3.05, 3.63) is 41.5 Å². The van der Waals surface area contributed by atoms with Gasteiger partial charge in [0.1, 0.15) is 6.54 Å². The van der Waals surface area contributed by atoms with Gasteiger partial charge < -0.3 is 11.1 Å². The molecular weight excluding hydrogens is 244 g/mol. The smallest absolute Gasteiger partial charge is 0.242 e. The van der Waals surface area contributed by atoms with E-state index in [1.54, 1.807) is 18.6 Å². The molecule has 19 heavy (non-hydrogen) atoms. The first-order valence-corrected chi connectivity index (χ1v) is 5.94. The average molecular weight is 260 g/mol. The number of aryl methyl sites for hydroxylation is 1. The van der Waals surface area contributed by atoms with Gasteiger partial charge >= 0.3 is 0 Å². The normalized spacial score (nSPS) is 10.4. The SMILES string of the molecule is Cc1cnccc1CNC(=O)Cn1cc(CN)nn1. The summed E-state index contributed by atoms with van der Waals surface area (Å²) in [5.41, 5.74) is 8.18. The first kappa shape index (κ1) is 13.2. The fourth-order valence-corrected chi connectivity index (χ4v) is 1.61. The maximum Gasteiger partial charge on any atom is 0.242 e. The molecule has 1 amide bonds. The van der Waals surface area contributed by atoms with E-state index in [0.29, 0.717) is 18.8 Å². The minimum Gasteiger partial charge on any atom is -0.350 e. The summed E-state index contributed by atoms with van der Waals surface area (Å²) in [6.07, 6.45) is 5.14. The molecule has 7 heteroatoms. The predicted octanol–water partition coefficient (Wildman–Crippen LogP) is -0.243. The van der Waals surface area contributed by atoms with Gasteiger partial charge in [-0.15, -0.1) is 5.10 Å². The second-order valence-corrected chi connectivity index (χ2v) is 4.19. The standard InChI is InChI=1S/C12H16N6O/c1-9-5-14-3-2-10(9)6-15-12(19)8-18-7-11(4-13)16-17-18/h2-3,5,7H,4,6,8,13H2,1H3,(H,15,19). The zero-order valence-electron chi connectivity index (χ0n) is 10.7. The second kappa shape index (κ2) is 6.05. The van der Waals surface area contributed by atoms with E-state index in [1.807, 2.05) is 13.0 Å². The molecule has 0 aliphatic carbocycles. The first-order valence-electron chi connectivity index (χ1n) is 5.94. The third kappa shape index (κ3) is 3.59. The summed E-state index contributed by atoms with van der Waals surface area (Å²) >= 11 is 0. The van der Waals surface area contributed by atoms with Crippen LogP contribution in [-0.4, -0.2) is 25.9 Å². The number of pyridine rings is 1. The summed E-state index contributed by atoms with van der Waals surface area (Å²) in [5, 5.41) is 10.5. The van der Waals surface area contributed by atoms with Gasteiger partial charge in [0, 0.05) is 25.5 Å². The van der Waals surface area contributed by atoms with E-state index in [0.717, 1.165) is 11.1 Å². The number of carbonyl (C=O) groups excluding carboxylic acids is 1. The molecule has 0 aliphatic heterocycles. The van der Waals surface area contributed by atoms with Crippen LogP contribution in [-0.2, 0) is 24.4 Å². The lowest BCUT2D eigenvalue weighted by Crippen LogP contribution is -2.27. The van der Waals surface area contributed by atoms with Crippen molar-refractivity contribution in [2.24, 2.45) is 5.73 Å². The monoisotopic (exact) mass is 260 g/mol. The van der Waals surface area contributed by atoms with Gasteiger partial charge in [-0.05, 0) is 24.1 Å². The zero-order chi connectivity index (χ0) is 13.7. The van der Waals surface area contributed by atoms with E-state index in [4.69, 9.17) is 5.73 Å². The van der Waals surface area contributed by atoms with Crippen molar-refractivity contribution in [1.82, 2.24) is 25.3 Å². The summed E-state index contributed by atoms with van der Waals surface area (Å²) in [5.74, 6) is -0.121. The van der Waals surface area contributed by atoms with E-state index in [-0.39, 0.29) is 12.5 Å². The highest BCUT2D eigenvalue weighted by molar-refractivity contribution is 5.75. The van der Waals surface area contributed by atoms with Gasteiger partial charge in [-0.1, -0.05) is 5.21 Å². The van der Waals surface area contributed by atoms with Gasteiger partial charge in [0.2, 0.25) is 5.91 Å². The van der Waals surface area contributed by atoms with Gasteiger partial charge in [-0.2, -0.15) is 0 Å². The number of nitrogens with zero attached hydrogens (tertiary/aromatic N) is 4. The lowest BCUT2D eigenvalue weighted by atomic mass is 10.1. The Kier molecular flexibility index (Phi) is 4.19. The van der Waals surface area contributed by atoms with Crippen LogP contribution in [0.5, 0.6) is 0 Å². The molecule has 0 fully saturated rings. The minimum atomic E-state index is -0.121. The van der Waals surface area contributed by atoms with Crippen LogP contribution in [0.25, 0.3) is 0 Å². The molecule has 0 bridgehead atoms. The van der Waals surface area contributed by atoms with Crippen LogP contribution in [0.3, 0.4) is 0 Å². The number of rotatable bonds is 5. The maximum absolute atomic E-state index is 11.7. The van der Waals surface area contributed by atoms with Crippen molar-refractivity contribution >= 4 is 5.91 Å². The molecule has 7 nitrogen and oxygen atoms in total. The average Bonchev–Trinajstić information content (AvgIpc) is 2.85. The number of nitrogens with two attached hydrogens (primary N) is 1. The Hall–Kier alpha value is -2.28. The fourth-order valence-electron chi connectivity index (χ4n) is 1.61. The lowest BCUT2D eigenvalue weighted by molar-refractivity contribution is -0.122. The maximum atomic E-state index is 11.7. The Balaban J connectivity index is 1.86. The molecule has 0 spiro atoms. The number of nitrogens with one attached hydrogen (secondary N) is 1. The number of carbonyl (C=O) groups is 1. The summed E-state index contributed by atoms with van der Waals surface area (Å²) in [6.45, 7) is 2.89. The van der Waals surface area contributed by atoms with Crippen LogP contribution in [0.4, 0.5) is 0 Å². The third-order valence-electron chi connectivity index (χ3n) is 2.71. The van der Waals surface area contributed by atoms with Crippen LogP contribution in [0, 0.1) is 6.92 Å². The van der Waals surface area contributed by atoms with E-state index >= 15 is 0 Å². The molecule has 3 N–H and O–H groups in total. The Labute approximate surface area is 110 Å². The zero-order valence-corrected chi connectivity index (χ0v) is 10.7. The topological polar surface area (TPSA) is 98.7 Å². The first-order chi connectivity index (χ1) is 9.19. The van der Waals surface area contributed by atoms with Crippen LogP contribution < -0.4 is 11.1 Å². The van der Waals surface area contributed by atoms with Crippen LogP contribution in [0.15, 0.2) is 24.7 Å². The van der Waals surface area contributed by atoms with Crippen molar-refractivity contribution in [3.8, 4) is 0 Å². The molecule has 2 aromatic rings.